The minimum atomic E-state index is -0.427. The zero-order chi connectivity index (χ0) is 21.1. The number of likely N-dealkylation sites (N-methyl/N-ethyl adjacent to an activating group) is 1. The molecule has 2 aliphatic heterocycles. The second-order valence-corrected chi connectivity index (χ2v) is 8.35. The Morgan fingerprint density at radius 3 is 2.43 bits per heavy atom. The van der Waals surface area contributed by atoms with Crippen LogP contribution in [0.2, 0.25) is 0 Å². The summed E-state index contributed by atoms with van der Waals surface area (Å²) in [5, 5.41) is 2.85. The Labute approximate surface area is 177 Å². The molecule has 162 valence electrons. The lowest BCUT2D eigenvalue weighted by atomic mass is 10.2. The Balaban J connectivity index is 1.28. The van der Waals surface area contributed by atoms with Crippen molar-refractivity contribution >= 4 is 29.1 Å². The molecule has 1 aliphatic carbocycles. The Morgan fingerprint density at radius 2 is 1.77 bits per heavy atom. The molecule has 2 saturated heterocycles. The summed E-state index contributed by atoms with van der Waals surface area (Å²) < 4.78 is 5.37. The number of amides is 3. The molecule has 1 aromatic carbocycles. The van der Waals surface area contributed by atoms with Gasteiger partial charge in [-0.05, 0) is 49.9 Å². The maximum atomic E-state index is 12.8. The monoisotopic (exact) mass is 414 g/mol. The van der Waals surface area contributed by atoms with E-state index in [1.54, 1.807) is 11.9 Å². The number of ether oxygens (including phenoxy) is 1. The van der Waals surface area contributed by atoms with E-state index in [4.69, 9.17) is 4.74 Å². The number of carbonyl (C=O) groups excluding carboxylic acids is 3. The van der Waals surface area contributed by atoms with Crippen LogP contribution in [-0.2, 0) is 19.1 Å². The van der Waals surface area contributed by atoms with Crippen molar-refractivity contribution in [3.05, 3.63) is 24.3 Å². The van der Waals surface area contributed by atoms with Gasteiger partial charge >= 0.3 is 0 Å². The van der Waals surface area contributed by atoms with Gasteiger partial charge in [0.25, 0.3) is 0 Å². The van der Waals surface area contributed by atoms with E-state index in [1.807, 2.05) is 24.3 Å². The van der Waals surface area contributed by atoms with Crippen molar-refractivity contribution in [2.24, 2.45) is 5.92 Å². The highest BCUT2D eigenvalue weighted by atomic mass is 16.5. The van der Waals surface area contributed by atoms with Crippen LogP contribution in [0.5, 0.6) is 0 Å². The Kier molecular flexibility index (Phi) is 6.22. The van der Waals surface area contributed by atoms with Crippen molar-refractivity contribution < 1.29 is 19.1 Å². The fraction of sp³-hybridized carbons (Fsp3) is 0.591. The van der Waals surface area contributed by atoms with Gasteiger partial charge in [-0.15, -0.1) is 0 Å². The largest absolute Gasteiger partial charge is 0.378 e. The number of nitrogens with one attached hydrogen (secondary N) is 1. The van der Waals surface area contributed by atoms with Gasteiger partial charge in [-0.3, -0.25) is 14.4 Å². The van der Waals surface area contributed by atoms with Gasteiger partial charge in [0.1, 0.15) is 6.04 Å². The molecule has 3 aliphatic rings. The van der Waals surface area contributed by atoms with Crippen LogP contribution in [0.4, 0.5) is 11.4 Å². The van der Waals surface area contributed by atoms with E-state index in [0.717, 1.165) is 51.3 Å². The number of hydrogen-bond donors (Lipinski definition) is 1. The van der Waals surface area contributed by atoms with E-state index >= 15 is 0 Å². The third-order valence-corrected chi connectivity index (χ3v) is 6.03. The molecular formula is C22H30N4O4. The number of carbonyl (C=O) groups is 3. The summed E-state index contributed by atoms with van der Waals surface area (Å²) in [6.45, 7) is 3.78. The first-order chi connectivity index (χ1) is 14.5. The molecule has 8 nitrogen and oxygen atoms in total. The molecule has 4 rings (SSSR count). The van der Waals surface area contributed by atoms with Gasteiger partial charge < -0.3 is 24.8 Å². The molecule has 1 unspecified atom stereocenters. The lowest BCUT2D eigenvalue weighted by Gasteiger charge is -2.29. The summed E-state index contributed by atoms with van der Waals surface area (Å²) in [5.41, 5.74) is 1.80. The molecule has 0 radical (unpaired) electrons. The number of hydrogen-bond acceptors (Lipinski definition) is 5. The summed E-state index contributed by atoms with van der Waals surface area (Å²) in [4.78, 5) is 43.1. The predicted molar refractivity (Wildman–Crippen MR) is 113 cm³/mol. The van der Waals surface area contributed by atoms with Gasteiger partial charge in [-0.25, -0.2) is 0 Å². The van der Waals surface area contributed by atoms with Crippen LogP contribution in [0.25, 0.3) is 0 Å². The summed E-state index contributed by atoms with van der Waals surface area (Å²) in [7, 11) is 1.63. The van der Waals surface area contributed by atoms with Crippen LogP contribution >= 0.6 is 0 Å². The van der Waals surface area contributed by atoms with Crippen LogP contribution in [0, 0.1) is 5.92 Å². The quantitative estimate of drug-likeness (QED) is 0.759. The van der Waals surface area contributed by atoms with Gasteiger partial charge in [0.05, 0.1) is 19.8 Å². The fourth-order valence-electron chi connectivity index (χ4n) is 4.18. The molecule has 2 heterocycles. The second-order valence-electron chi connectivity index (χ2n) is 8.35. The number of nitrogens with zero attached hydrogens (tertiary/aromatic N) is 3. The lowest BCUT2D eigenvalue weighted by molar-refractivity contribution is -0.144. The minimum absolute atomic E-state index is 0.0357. The number of morpholine rings is 1. The molecule has 3 amide bonds. The Hall–Kier alpha value is -2.61. The van der Waals surface area contributed by atoms with Crippen molar-refractivity contribution in [3.8, 4) is 0 Å². The number of rotatable bonds is 6. The van der Waals surface area contributed by atoms with Crippen LogP contribution in [0.3, 0.4) is 0 Å². The minimum Gasteiger partial charge on any atom is -0.378 e. The van der Waals surface area contributed by atoms with E-state index < -0.39 is 6.04 Å². The summed E-state index contributed by atoms with van der Waals surface area (Å²) in [5.74, 6) is -0.196. The van der Waals surface area contributed by atoms with E-state index in [-0.39, 0.29) is 30.2 Å². The van der Waals surface area contributed by atoms with Crippen LogP contribution < -0.4 is 10.2 Å². The van der Waals surface area contributed by atoms with Crippen molar-refractivity contribution in [2.75, 3.05) is 56.7 Å². The lowest BCUT2D eigenvalue weighted by Crippen LogP contribution is -2.48. The van der Waals surface area contributed by atoms with Gasteiger partial charge in [-0.2, -0.15) is 0 Å². The van der Waals surface area contributed by atoms with Crippen LogP contribution in [0.15, 0.2) is 24.3 Å². The summed E-state index contributed by atoms with van der Waals surface area (Å²) >= 11 is 0. The standard InChI is InChI=1S/C22H30N4O4/c1-24(22(29)19-3-2-10-26(19)21(28)16-4-5-16)15-20(27)23-17-6-8-18(9-7-17)25-11-13-30-14-12-25/h6-9,16,19H,2-5,10-15H2,1H3,(H,23,27). The normalized spacial score (nSPS) is 21.4. The van der Waals surface area contributed by atoms with Gasteiger partial charge in [-0.1, -0.05) is 0 Å². The van der Waals surface area contributed by atoms with Crippen molar-refractivity contribution in [3.63, 3.8) is 0 Å². The number of benzene rings is 1. The molecule has 0 bridgehead atoms. The number of likely N-dealkylation sites (tertiary alicyclic amines) is 1. The molecule has 0 spiro atoms. The smallest absolute Gasteiger partial charge is 0.245 e. The molecule has 8 heteroatoms. The number of anilines is 2. The van der Waals surface area contributed by atoms with Crippen LogP contribution in [0.1, 0.15) is 25.7 Å². The zero-order valence-electron chi connectivity index (χ0n) is 17.5. The first-order valence-corrected chi connectivity index (χ1v) is 10.8. The first-order valence-electron chi connectivity index (χ1n) is 10.8. The Bertz CT molecular complexity index is 787. The maximum absolute atomic E-state index is 12.8. The molecule has 1 N–H and O–H groups in total. The maximum Gasteiger partial charge on any atom is 0.245 e. The Morgan fingerprint density at radius 1 is 1.07 bits per heavy atom. The van der Waals surface area contributed by atoms with E-state index in [2.05, 4.69) is 10.2 Å². The average Bonchev–Trinajstić information content (AvgIpc) is 3.50. The molecule has 1 atom stereocenters. The van der Waals surface area contributed by atoms with Crippen molar-refractivity contribution in [1.29, 1.82) is 0 Å². The first kappa shape index (κ1) is 20.7. The third-order valence-electron chi connectivity index (χ3n) is 6.03. The summed E-state index contributed by atoms with van der Waals surface area (Å²) in [6, 6.07) is 7.28. The van der Waals surface area contributed by atoms with Crippen molar-refractivity contribution in [2.45, 2.75) is 31.7 Å². The fourth-order valence-corrected chi connectivity index (χ4v) is 4.18. The SMILES string of the molecule is CN(CC(=O)Nc1ccc(N2CCOCC2)cc1)C(=O)C1CCCN1C(=O)C1CC1. The van der Waals surface area contributed by atoms with E-state index in [0.29, 0.717) is 18.7 Å². The molecule has 1 aromatic rings. The molecule has 0 aromatic heterocycles. The highest BCUT2D eigenvalue weighted by Gasteiger charge is 2.41. The highest BCUT2D eigenvalue weighted by molar-refractivity contribution is 5.96. The van der Waals surface area contributed by atoms with Gasteiger partial charge in [0.2, 0.25) is 17.7 Å². The highest BCUT2D eigenvalue weighted by Crippen LogP contribution is 2.34. The van der Waals surface area contributed by atoms with Gasteiger partial charge in [0, 0.05) is 44.0 Å². The topological polar surface area (TPSA) is 82.2 Å². The van der Waals surface area contributed by atoms with E-state index in [9.17, 15) is 14.4 Å². The molecule has 1 saturated carbocycles. The molecule has 3 fully saturated rings. The third kappa shape index (κ3) is 4.75. The second kappa shape index (κ2) is 9.04. The van der Waals surface area contributed by atoms with Crippen LogP contribution in [-0.4, -0.2) is 80.0 Å². The van der Waals surface area contributed by atoms with Gasteiger partial charge in [0.15, 0.2) is 0 Å². The predicted octanol–water partition coefficient (Wildman–Crippen LogP) is 1.32. The molecule has 30 heavy (non-hydrogen) atoms. The average molecular weight is 415 g/mol. The van der Waals surface area contributed by atoms with Crippen molar-refractivity contribution in [1.82, 2.24) is 9.80 Å². The summed E-state index contributed by atoms with van der Waals surface area (Å²) in [6.07, 6.45) is 3.37. The molecular weight excluding hydrogens is 384 g/mol. The zero-order valence-corrected chi connectivity index (χ0v) is 17.5. The van der Waals surface area contributed by atoms with E-state index in [1.165, 1.54) is 4.90 Å².